The highest BCUT2D eigenvalue weighted by molar-refractivity contribution is 6.20. The molecule has 0 aliphatic heterocycles. The molecule has 1 rings (SSSR count). The average Bonchev–Trinajstić information content (AvgIpc) is 2.34. The van der Waals surface area contributed by atoms with Crippen molar-refractivity contribution in [2.24, 2.45) is 0 Å². The zero-order valence-electron chi connectivity index (χ0n) is 11.5. The Labute approximate surface area is 116 Å². The van der Waals surface area contributed by atoms with Crippen LogP contribution in [0.4, 0.5) is 5.69 Å². The number of Topliss-reactive ketones (excluding diaryl/α,β-unsaturated/α-hetero) is 1. The quantitative estimate of drug-likeness (QED) is 0.206. The number of hydrogen-bond donors (Lipinski definition) is 0. The van der Waals surface area contributed by atoms with Crippen molar-refractivity contribution in [2.45, 2.75) is 26.9 Å². The van der Waals surface area contributed by atoms with Crippen molar-refractivity contribution in [1.29, 1.82) is 0 Å². The number of nitro benzene ring substituents is 1. The zero-order chi connectivity index (χ0) is 15.3. The smallest absolute Gasteiger partial charge is 0.342 e. The largest absolute Gasteiger partial charge is 0.459 e. The van der Waals surface area contributed by atoms with Crippen LogP contribution in [-0.2, 0) is 14.3 Å². The summed E-state index contributed by atoms with van der Waals surface area (Å²) in [5.74, 6) is -1.29. The standard InChI is InChI=1S/C14H15NO5/c1-9(2)20-14(17)12(10(3)16)8-11-6-4-5-7-13(11)15(18)19/h4-9H,1-3H3. The van der Waals surface area contributed by atoms with Gasteiger partial charge in [0, 0.05) is 6.07 Å². The van der Waals surface area contributed by atoms with Gasteiger partial charge in [-0.15, -0.1) is 0 Å². The van der Waals surface area contributed by atoms with Crippen LogP contribution >= 0.6 is 0 Å². The fraction of sp³-hybridized carbons (Fsp3) is 0.286. The summed E-state index contributed by atoms with van der Waals surface area (Å²) in [6.07, 6.45) is 0.807. The molecule has 0 radical (unpaired) electrons. The molecule has 0 unspecified atom stereocenters. The van der Waals surface area contributed by atoms with Gasteiger partial charge in [-0.25, -0.2) is 4.79 Å². The molecule has 0 fully saturated rings. The van der Waals surface area contributed by atoms with Gasteiger partial charge in [-0.2, -0.15) is 0 Å². The number of para-hydroxylation sites is 1. The number of benzene rings is 1. The van der Waals surface area contributed by atoms with Crippen LogP contribution in [0.1, 0.15) is 26.3 Å². The van der Waals surface area contributed by atoms with Gasteiger partial charge in [-0.05, 0) is 32.9 Å². The van der Waals surface area contributed by atoms with Gasteiger partial charge in [0.1, 0.15) is 5.57 Å². The van der Waals surface area contributed by atoms with Crippen molar-refractivity contribution < 1.29 is 19.2 Å². The molecule has 20 heavy (non-hydrogen) atoms. The predicted octanol–water partition coefficient (Wildman–Crippen LogP) is 2.52. The number of ether oxygens (including phenoxy) is 1. The maximum Gasteiger partial charge on any atom is 0.342 e. The first-order valence-corrected chi connectivity index (χ1v) is 6.00. The first kappa shape index (κ1) is 15.6. The lowest BCUT2D eigenvalue weighted by atomic mass is 10.1. The van der Waals surface area contributed by atoms with Gasteiger partial charge in [-0.3, -0.25) is 14.9 Å². The van der Waals surface area contributed by atoms with Gasteiger partial charge in [0.15, 0.2) is 5.78 Å². The Bertz CT molecular complexity index is 575. The first-order valence-electron chi connectivity index (χ1n) is 6.00. The molecule has 0 amide bonds. The van der Waals surface area contributed by atoms with Gasteiger partial charge in [0.2, 0.25) is 0 Å². The SMILES string of the molecule is CC(=O)C(=Cc1ccccc1[N+](=O)[O-])C(=O)OC(C)C. The topological polar surface area (TPSA) is 86.5 Å². The highest BCUT2D eigenvalue weighted by Gasteiger charge is 2.20. The van der Waals surface area contributed by atoms with E-state index < -0.39 is 16.7 Å². The van der Waals surface area contributed by atoms with Crippen LogP contribution < -0.4 is 0 Å². The van der Waals surface area contributed by atoms with E-state index in [9.17, 15) is 19.7 Å². The highest BCUT2D eigenvalue weighted by Crippen LogP contribution is 2.21. The van der Waals surface area contributed by atoms with Crippen molar-refractivity contribution >= 4 is 23.5 Å². The summed E-state index contributed by atoms with van der Waals surface area (Å²) in [6, 6.07) is 5.86. The van der Waals surface area contributed by atoms with Gasteiger partial charge >= 0.3 is 5.97 Å². The summed E-state index contributed by atoms with van der Waals surface area (Å²) in [5.41, 5.74) is -0.208. The molecule has 1 aromatic carbocycles. The fourth-order valence-corrected chi connectivity index (χ4v) is 1.51. The van der Waals surface area contributed by atoms with Crippen molar-refractivity contribution in [1.82, 2.24) is 0 Å². The third-order valence-electron chi connectivity index (χ3n) is 2.38. The van der Waals surface area contributed by atoms with Crippen molar-refractivity contribution in [3.8, 4) is 0 Å². The van der Waals surface area contributed by atoms with E-state index in [2.05, 4.69) is 0 Å². The van der Waals surface area contributed by atoms with E-state index in [1.807, 2.05) is 0 Å². The Morgan fingerprint density at radius 2 is 1.90 bits per heavy atom. The maximum absolute atomic E-state index is 11.8. The Morgan fingerprint density at radius 3 is 2.40 bits per heavy atom. The Kier molecular flexibility index (Phi) is 5.14. The van der Waals surface area contributed by atoms with E-state index in [-0.39, 0.29) is 22.9 Å². The number of hydrogen-bond acceptors (Lipinski definition) is 5. The molecule has 106 valence electrons. The Morgan fingerprint density at radius 1 is 1.30 bits per heavy atom. The van der Waals surface area contributed by atoms with Gasteiger partial charge < -0.3 is 4.74 Å². The monoisotopic (exact) mass is 277 g/mol. The van der Waals surface area contributed by atoms with E-state index in [1.54, 1.807) is 19.9 Å². The van der Waals surface area contributed by atoms with Crippen molar-refractivity contribution in [3.63, 3.8) is 0 Å². The molecule has 0 aliphatic carbocycles. The summed E-state index contributed by atoms with van der Waals surface area (Å²) in [5, 5.41) is 10.9. The highest BCUT2D eigenvalue weighted by atomic mass is 16.6. The van der Waals surface area contributed by atoms with Crippen LogP contribution in [0.5, 0.6) is 0 Å². The van der Waals surface area contributed by atoms with Crippen LogP contribution in [-0.4, -0.2) is 22.8 Å². The lowest BCUT2D eigenvalue weighted by Gasteiger charge is -2.09. The third kappa shape index (κ3) is 4.01. The molecule has 0 spiro atoms. The van der Waals surface area contributed by atoms with Crippen LogP contribution in [0, 0.1) is 10.1 Å². The maximum atomic E-state index is 11.8. The number of esters is 1. The minimum Gasteiger partial charge on any atom is -0.459 e. The zero-order valence-corrected chi connectivity index (χ0v) is 11.5. The summed E-state index contributed by atoms with van der Waals surface area (Å²) >= 11 is 0. The van der Waals surface area contributed by atoms with Crippen molar-refractivity contribution in [3.05, 3.63) is 45.5 Å². The number of carbonyl (C=O) groups is 2. The molecule has 0 aliphatic rings. The molecule has 6 heteroatoms. The van der Waals surface area contributed by atoms with Gasteiger partial charge in [0.25, 0.3) is 5.69 Å². The summed E-state index contributed by atoms with van der Waals surface area (Å²) in [7, 11) is 0. The second kappa shape index (κ2) is 6.60. The molecule has 6 nitrogen and oxygen atoms in total. The van der Waals surface area contributed by atoms with Crippen LogP contribution in [0.3, 0.4) is 0 Å². The van der Waals surface area contributed by atoms with Crippen LogP contribution in [0.15, 0.2) is 29.8 Å². The normalized spacial score (nSPS) is 11.3. The number of rotatable bonds is 5. The fourth-order valence-electron chi connectivity index (χ4n) is 1.51. The van der Waals surface area contributed by atoms with Crippen LogP contribution in [0.25, 0.3) is 6.08 Å². The molecule has 0 heterocycles. The van der Waals surface area contributed by atoms with E-state index in [0.29, 0.717) is 0 Å². The molecule has 0 aromatic heterocycles. The summed E-state index contributed by atoms with van der Waals surface area (Å²) < 4.78 is 4.95. The van der Waals surface area contributed by atoms with E-state index in [4.69, 9.17) is 4.74 Å². The first-order chi connectivity index (χ1) is 9.32. The molecule has 1 aromatic rings. The molecule has 0 saturated carbocycles. The lowest BCUT2D eigenvalue weighted by Crippen LogP contribution is -2.17. The Hall–Kier alpha value is -2.50. The second-order valence-corrected chi connectivity index (χ2v) is 4.38. The number of ketones is 1. The third-order valence-corrected chi connectivity index (χ3v) is 2.38. The molecule has 0 N–H and O–H groups in total. The molecular formula is C14H15NO5. The minimum atomic E-state index is -0.786. The number of carbonyl (C=O) groups excluding carboxylic acids is 2. The summed E-state index contributed by atoms with van der Waals surface area (Å²) in [6.45, 7) is 4.52. The average molecular weight is 277 g/mol. The van der Waals surface area contributed by atoms with E-state index >= 15 is 0 Å². The van der Waals surface area contributed by atoms with E-state index in [1.165, 1.54) is 31.2 Å². The lowest BCUT2D eigenvalue weighted by molar-refractivity contribution is -0.385. The minimum absolute atomic E-state index is 0.177. The molecule has 0 bridgehead atoms. The number of nitrogens with zero attached hydrogens (tertiary/aromatic N) is 1. The Balaban J connectivity index is 3.25. The van der Waals surface area contributed by atoms with Gasteiger partial charge in [-0.1, -0.05) is 12.1 Å². The van der Waals surface area contributed by atoms with E-state index in [0.717, 1.165) is 0 Å². The molecule has 0 atom stereocenters. The van der Waals surface area contributed by atoms with Crippen molar-refractivity contribution in [2.75, 3.05) is 0 Å². The summed E-state index contributed by atoms with van der Waals surface area (Å²) in [4.78, 5) is 33.6. The van der Waals surface area contributed by atoms with Gasteiger partial charge in [0.05, 0.1) is 16.6 Å². The predicted molar refractivity (Wildman–Crippen MR) is 73.0 cm³/mol. The second-order valence-electron chi connectivity index (χ2n) is 4.38. The molecule has 0 saturated heterocycles. The molecular weight excluding hydrogens is 262 g/mol. The van der Waals surface area contributed by atoms with Crippen LogP contribution in [0.2, 0.25) is 0 Å². The number of nitro groups is 1.